The highest BCUT2D eigenvalue weighted by Crippen LogP contribution is 2.25. The third-order valence-corrected chi connectivity index (χ3v) is 3.14. The van der Waals surface area contributed by atoms with Gasteiger partial charge in [-0.3, -0.25) is 10.1 Å². The van der Waals surface area contributed by atoms with Gasteiger partial charge in [0.25, 0.3) is 0 Å². The molecule has 6 heteroatoms. The lowest BCUT2D eigenvalue weighted by atomic mass is 10.2. The minimum Gasteiger partial charge on any atom is -0.259 e. The average molecular weight is 267 g/mol. The van der Waals surface area contributed by atoms with Gasteiger partial charge in [-0.2, -0.15) is 0 Å². The topological polar surface area (TPSA) is 56.0 Å². The van der Waals surface area contributed by atoms with Crippen LogP contribution >= 0.6 is 22.9 Å². The second kappa shape index (κ2) is 5.07. The third-order valence-electron chi connectivity index (χ3n) is 1.98. The van der Waals surface area contributed by atoms with Gasteiger partial charge in [-0.15, -0.1) is 11.3 Å². The van der Waals surface area contributed by atoms with E-state index in [1.54, 1.807) is 17.5 Å². The summed E-state index contributed by atoms with van der Waals surface area (Å²) in [6.45, 7) is 0. The van der Waals surface area contributed by atoms with Crippen LogP contribution < -0.4 is 0 Å². The number of rotatable bonds is 3. The van der Waals surface area contributed by atoms with Crippen molar-refractivity contribution in [2.45, 2.75) is 0 Å². The Hall–Kier alpha value is -1.72. The molecular weight excluding hydrogens is 260 g/mol. The van der Waals surface area contributed by atoms with Crippen LogP contribution in [0.25, 0.3) is 16.6 Å². The highest BCUT2D eigenvalue weighted by Gasteiger charge is 2.03. The molecule has 0 aliphatic heterocycles. The van der Waals surface area contributed by atoms with Crippen LogP contribution in [-0.4, -0.2) is 9.91 Å². The van der Waals surface area contributed by atoms with Crippen molar-refractivity contribution in [3.63, 3.8) is 0 Å². The van der Waals surface area contributed by atoms with E-state index in [-0.39, 0.29) is 0 Å². The predicted octanol–water partition coefficient (Wildman–Crippen LogP) is 3.71. The molecule has 1 aromatic carbocycles. The Labute approximate surface area is 106 Å². The van der Waals surface area contributed by atoms with E-state index in [0.29, 0.717) is 10.7 Å². The van der Waals surface area contributed by atoms with Crippen LogP contribution in [0.15, 0.2) is 35.8 Å². The van der Waals surface area contributed by atoms with Gasteiger partial charge < -0.3 is 0 Å². The molecule has 0 fully saturated rings. The summed E-state index contributed by atoms with van der Waals surface area (Å²) in [5.41, 5.74) is 1.52. The van der Waals surface area contributed by atoms with Crippen molar-refractivity contribution >= 4 is 29.0 Å². The number of aromatic nitrogens is 1. The minimum absolute atomic E-state index is 0.513. The maximum Gasteiger partial charge on any atom is 0.236 e. The maximum atomic E-state index is 10.2. The standard InChI is InChI=1S/C11H7ClN2O2S/c12-9-3-1-8(2-4-9)11-13-10(7-17-11)5-6-14(15)16/h1-7H. The molecular formula is C11H7ClN2O2S. The molecule has 0 bridgehead atoms. The van der Waals surface area contributed by atoms with E-state index in [2.05, 4.69) is 4.98 Å². The number of nitrogens with zero attached hydrogens (tertiary/aromatic N) is 2. The van der Waals surface area contributed by atoms with E-state index in [1.165, 1.54) is 17.4 Å². The van der Waals surface area contributed by atoms with Gasteiger partial charge in [-0.05, 0) is 12.1 Å². The van der Waals surface area contributed by atoms with Gasteiger partial charge >= 0.3 is 0 Å². The van der Waals surface area contributed by atoms with Crippen molar-refractivity contribution in [3.05, 3.63) is 56.7 Å². The van der Waals surface area contributed by atoms with E-state index in [4.69, 9.17) is 11.6 Å². The summed E-state index contributed by atoms with van der Waals surface area (Å²) < 4.78 is 0. The van der Waals surface area contributed by atoms with Crippen molar-refractivity contribution in [3.8, 4) is 10.6 Å². The Balaban J connectivity index is 2.23. The Kier molecular flexibility index (Phi) is 3.51. The number of hydrogen-bond acceptors (Lipinski definition) is 4. The molecule has 1 aromatic heterocycles. The molecule has 0 amide bonds. The monoisotopic (exact) mass is 266 g/mol. The molecule has 2 rings (SSSR count). The quantitative estimate of drug-likeness (QED) is 0.628. The molecule has 17 heavy (non-hydrogen) atoms. The summed E-state index contributed by atoms with van der Waals surface area (Å²) in [5.74, 6) is 0. The molecule has 0 saturated carbocycles. The highest BCUT2D eigenvalue weighted by atomic mass is 35.5. The molecule has 0 aliphatic carbocycles. The largest absolute Gasteiger partial charge is 0.259 e. The fourth-order valence-corrected chi connectivity index (χ4v) is 2.14. The number of thiazole rings is 1. The van der Waals surface area contributed by atoms with Crippen LogP contribution in [0.2, 0.25) is 5.02 Å². The SMILES string of the molecule is O=[N+]([O-])C=Cc1csc(-c2ccc(Cl)cc2)n1. The van der Waals surface area contributed by atoms with Crippen molar-refractivity contribution in [2.75, 3.05) is 0 Å². The Bertz CT molecular complexity index is 563. The first-order valence-corrected chi connectivity index (χ1v) is 5.94. The van der Waals surface area contributed by atoms with Crippen LogP contribution in [0.3, 0.4) is 0 Å². The van der Waals surface area contributed by atoms with E-state index >= 15 is 0 Å². The molecule has 0 spiro atoms. The first kappa shape index (κ1) is 11.8. The molecule has 2 aromatic rings. The number of nitro groups is 1. The first-order valence-electron chi connectivity index (χ1n) is 4.68. The number of halogens is 1. The van der Waals surface area contributed by atoms with Crippen LogP contribution in [-0.2, 0) is 0 Å². The molecule has 0 atom stereocenters. The van der Waals surface area contributed by atoms with Gasteiger partial charge in [0.2, 0.25) is 6.20 Å². The molecule has 0 unspecified atom stereocenters. The third kappa shape index (κ3) is 3.12. The smallest absolute Gasteiger partial charge is 0.236 e. The molecule has 0 radical (unpaired) electrons. The molecule has 4 nitrogen and oxygen atoms in total. The van der Waals surface area contributed by atoms with Crippen molar-refractivity contribution in [1.29, 1.82) is 0 Å². The summed E-state index contributed by atoms with van der Waals surface area (Å²) >= 11 is 7.22. The lowest BCUT2D eigenvalue weighted by molar-refractivity contribution is -0.400. The highest BCUT2D eigenvalue weighted by molar-refractivity contribution is 7.13. The predicted molar refractivity (Wildman–Crippen MR) is 68.6 cm³/mol. The van der Waals surface area contributed by atoms with Crippen LogP contribution in [0.4, 0.5) is 0 Å². The first-order chi connectivity index (χ1) is 8.15. The Morgan fingerprint density at radius 2 is 2.06 bits per heavy atom. The van der Waals surface area contributed by atoms with Gasteiger partial charge in [-0.25, -0.2) is 4.98 Å². The Morgan fingerprint density at radius 3 is 2.71 bits per heavy atom. The van der Waals surface area contributed by atoms with Gasteiger partial charge in [0.05, 0.1) is 10.6 Å². The normalized spacial score (nSPS) is 10.9. The van der Waals surface area contributed by atoms with Gasteiger partial charge in [-0.1, -0.05) is 23.7 Å². The lowest BCUT2D eigenvalue weighted by Gasteiger charge is -1.94. The zero-order valence-corrected chi connectivity index (χ0v) is 10.1. The lowest BCUT2D eigenvalue weighted by Crippen LogP contribution is -1.82. The second-order valence-corrected chi connectivity index (χ2v) is 4.48. The van der Waals surface area contributed by atoms with Gasteiger partial charge in [0.15, 0.2) is 0 Å². The second-order valence-electron chi connectivity index (χ2n) is 3.19. The molecule has 0 aliphatic rings. The Morgan fingerprint density at radius 1 is 1.35 bits per heavy atom. The van der Waals surface area contributed by atoms with Crippen LogP contribution in [0.5, 0.6) is 0 Å². The van der Waals surface area contributed by atoms with E-state index in [9.17, 15) is 10.1 Å². The zero-order valence-electron chi connectivity index (χ0n) is 8.54. The van der Waals surface area contributed by atoms with E-state index in [1.807, 2.05) is 12.1 Å². The summed E-state index contributed by atoms with van der Waals surface area (Å²) in [6, 6.07) is 7.29. The number of benzene rings is 1. The van der Waals surface area contributed by atoms with Crippen molar-refractivity contribution in [1.82, 2.24) is 4.98 Å². The summed E-state index contributed by atoms with van der Waals surface area (Å²) in [6.07, 6.45) is 2.25. The van der Waals surface area contributed by atoms with E-state index in [0.717, 1.165) is 16.8 Å². The summed E-state index contributed by atoms with van der Waals surface area (Å²) in [7, 11) is 0. The van der Waals surface area contributed by atoms with Crippen molar-refractivity contribution < 1.29 is 4.92 Å². The molecule has 0 saturated heterocycles. The van der Waals surface area contributed by atoms with Crippen molar-refractivity contribution in [2.24, 2.45) is 0 Å². The maximum absolute atomic E-state index is 10.2. The fraction of sp³-hybridized carbons (Fsp3) is 0. The summed E-state index contributed by atoms with van der Waals surface area (Å²) in [4.78, 5) is 13.9. The zero-order chi connectivity index (χ0) is 12.3. The fourth-order valence-electron chi connectivity index (χ4n) is 1.22. The van der Waals surface area contributed by atoms with E-state index < -0.39 is 4.92 Å². The number of hydrogen-bond donors (Lipinski definition) is 0. The molecule has 86 valence electrons. The van der Waals surface area contributed by atoms with Crippen LogP contribution in [0, 0.1) is 10.1 Å². The minimum atomic E-state index is -0.513. The molecule has 0 N–H and O–H groups in total. The van der Waals surface area contributed by atoms with Gasteiger partial charge in [0, 0.05) is 22.0 Å². The van der Waals surface area contributed by atoms with Crippen LogP contribution in [0.1, 0.15) is 5.69 Å². The average Bonchev–Trinajstić information content (AvgIpc) is 2.76. The van der Waals surface area contributed by atoms with Gasteiger partial charge in [0.1, 0.15) is 5.01 Å². The summed E-state index contributed by atoms with van der Waals surface area (Å²) in [5, 5.41) is 13.4. The molecule has 1 heterocycles.